The highest BCUT2D eigenvalue weighted by Crippen LogP contribution is 2.10. The van der Waals surface area contributed by atoms with Gasteiger partial charge in [-0.2, -0.15) is 0 Å². The van der Waals surface area contributed by atoms with Gasteiger partial charge in [-0.1, -0.05) is 6.08 Å². The first-order valence-corrected chi connectivity index (χ1v) is 6.89. The largest absolute Gasteiger partial charge is 0.469 e. The second kappa shape index (κ2) is 7.93. The van der Waals surface area contributed by atoms with Crippen LogP contribution in [-0.4, -0.2) is 37.0 Å². The van der Waals surface area contributed by atoms with Gasteiger partial charge in [-0.05, 0) is 46.9 Å². The molecule has 1 aromatic carbocycles. The van der Waals surface area contributed by atoms with Crippen LogP contribution in [0.4, 0.5) is 0 Å². The molecule has 0 radical (unpaired) electrons. The molecule has 0 saturated carbocycles. The normalized spacial score (nSPS) is 9.79. The number of halogens is 1. The van der Waals surface area contributed by atoms with Crippen LogP contribution in [0.3, 0.4) is 0 Å². The lowest BCUT2D eigenvalue weighted by molar-refractivity contribution is -0.140. The molecule has 0 heterocycles. The number of rotatable bonds is 6. The van der Waals surface area contributed by atoms with E-state index in [-0.39, 0.29) is 18.3 Å². The topological polar surface area (TPSA) is 46.6 Å². The van der Waals surface area contributed by atoms with Crippen molar-refractivity contribution in [2.24, 2.45) is 0 Å². The minimum Gasteiger partial charge on any atom is -0.469 e. The fourth-order valence-electron chi connectivity index (χ4n) is 1.53. The predicted molar refractivity (Wildman–Crippen MR) is 81.9 cm³/mol. The van der Waals surface area contributed by atoms with Crippen LogP contribution in [0.25, 0.3) is 0 Å². The molecule has 0 atom stereocenters. The van der Waals surface area contributed by atoms with Crippen molar-refractivity contribution in [3.8, 4) is 0 Å². The summed E-state index contributed by atoms with van der Waals surface area (Å²) >= 11 is 2.18. The maximum absolute atomic E-state index is 12.3. The van der Waals surface area contributed by atoms with Gasteiger partial charge >= 0.3 is 5.97 Å². The number of esters is 1. The van der Waals surface area contributed by atoms with Gasteiger partial charge < -0.3 is 9.64 Å². The fraction of sp³-hybridized carbons (Fsp3) is 0.286. The number of hydrogen-bond donors (Lipinski definition) is 0. The number of benzene rings is 1. The highest BCUT2D eigenvalue weighted by atomic mass is 127. The molecule has 0 aliphatic carbocycles. The second-order valence-electron chi connectivity index (χ2n) is 3.87. The SMILES string of the molecule is C=CCN(CCC(=O)OC)C(=O)c1ccc(I)cc1. The van der Waals surface area contributed by atoms with Gasteiger partial charge in [0.15, 0.2) is 0 Å². The number of hydrogen-bond acceptors (Lipinski definition) is 3. The third-order valence-corrected chi connectivity index (χ3v) is 3.26. The van der Waals surface area contributed by atoms with Crippen LogP contribution in [0.2, 0.25) is 0 Å². The van der Waals surface area contributed by atoms with E-state index in [1.54, 1.807) is 23.1 Å². The molecule has 1 rings (SSSR count). The minimum absolute atomic E-state index is 0.111. The van der Waals surface area contributed by atoms with Crippen LogP contribution in [0, 0.1) is 3.57 Å². The molecule has 5 heteroatoms. The number of carbonyl (C=O) groups excluding carboxylic acids is 2. The van der Waals surface area contributed by atoms with E-state index in [4.69, 9.17) is 0 Å². The Morgan fingerprint density at radius 1 is 1.37 bits per heavy atom. The van der Waals surface area contributed by atoms with E-state index < -0.39 is 0 Å². The van der Waals surface area contributed by atoms with Crippen molar-refractivity contribution in [2.75, 3.05) is 20.2 Å². The van der Waals surface area contributed by atoms with Crippen LogP contribution >= 0.6 is 22.6 Å². The molecule has 0 N–H and O–H groups in total. The summed E-state index contributed by atoms with van der Waals surface area (Å²) in [5.41, 5.74) is 0.604. The molecule has 0 unspecified atom stereocenters. The summed E-state index contributed by atoms with van der Waals surface area (Å²) in [5.74, 6) is -0.440. The van der Waals surface area contributed by atoms with Gasteiger partial charge in [0.25, 0.3) is 5.91 Å². The molecule has 19 heavy (non-hydrogen) atoms. The number of amides is 1. The van der Waals surface area contributed by atoms with E-state index in [0.717, 1.165) is 3.57 Å². The first kappa shape index (κ1) is 15.7. The molecule has 0 saturated heterocycles. The van der Waals surface area contributed by atoms with Gasteiger partial charge in [-0.3, -0.25) is 9.59 Å². The monoisotopic (exact) mass is 373 g/mol. The second-order valence-corrected chi connectivity index (χ2v) is 5.12. The smallest absolute Gasteiger partial charge is 0.307 e. The van der Waals surface area contributed by atoms with Gasteiger partial charge in [-0.15, -0.1) is 6.58 Å². The van der Waals surface area contributed by atoms with Crippen LogP contribution in [0.15, 0.2) is 36.9 Å². The predicted octanol–water partition coefficient (Wildman–Crippen LogP) is 2.48. The van der Waals surface area contributed by atoms with E-state index in [9.17, 15) is 9.59 Å². The third kappa shape index (κ3) is 5.02. The van der Waals surface area contributed by atoms with Crippen molar-refractivity contribution in [1.29, 1.82) is 0 Å². The average molecular weight is 373 g/mol. The summed E-state index contributed by atoms with van der Waals surface area (Å²) in [5, 5.41) is 0. The first-order valence-electron chi connectivity index (χ1n) is 5.81. The Kier molecular flexibility index (Phi) is 6.55. The summed E-state index contributed by atoms with van der Waals surface area (Å²) < 4.78 is 5.64. The third-order valence-electron chi connectivity index (χ3n) is 2.54. The Morgan fingerprint density at radius 2 is 2.00 bits per heavy atom. The fourth-order valence-corrected chi connectivity index (χ4v) is 1.89. The molecular weight excluding hydrogens is 357 g/mol. The van der Waals surface area contributed by atoms with Gasteiger partial charge in [0, 0.05) is 22.2 Å². The van der Waals surface area contributed by atoms with Gasteiger partial charge in [0.05, 0.1) is 13.5 Å². The molecule has 0 aliphatic heterocycles. The summed E-state index contributed by atoms with van der Waals surface area (Å²) in [4.78, 5) is 25.0. The van der Waals surface area contributed by atoms with Crippen molar-refractivity contribution in [1.82, 2.24) is 4.90 Å². The number of methoxy groups -OCH3 is 1. The zero-order chi connectivity index (χ0) is 14.3. The van der Waals surface area contributed by atoms with Crippen LogP contribution in [-0.2, 0) is 9.53 Å². The summed E-state index contributed by atoms with van der Waals surface area (Å²) in [7, 11) is 1.33. The van der Waals surface area contributed by atoms with Gasteiger partial charge in [0.2, 0.25) is 0 Å². The van der Waals surface area contributed by atoms with Crippen LogP contribution in [0.1, 0.15) is 16.8 Å². The Hall–Kier alpha value is -1.37. The van der Waals surface area contributed by atoms with E-state index in [1.807, 2.05) is 12.1 Å². The lowest BCUT2D eigenvalue weighted by atomic mass is 10.2. The average Bonchev–Trinajstić information content (AvgIpc) is 2.43. The van der Waals surface area contributed by atoms with Crippen LogP contribution in [0.5, 0.6) is 0 Å². The summed E-state index contributed by atoms with van der Waals surface area (Å²) in [6.45, 7) is 4.35. The molecule has 1 aromatic rings. The Labute approximate surface area is 126 Å². The maximum atomic E-state index is 12.3. The molecule has 0 aliphatic rings. The summed E-state index contributed by atoms with van der Waals surface area (Å²) in [6.07, 6.45) is 1.82. The van der Waals surface area contributed by atoms with E-state index in [0.29, 0.717) is 18.7 Å². The van der Waals surface area contributed by atoms with E-state index >= 15 is 0 Å². The Bertz CT molecular complexity index is 456. The molecule has 0 spiro atoms. The van der Waals surface area contributed by atoms with Crippen molar-refractivity contribution < 1.29 is 14.3 Å². The first-order chi connectivity index (χ1) is 9.08. The number of carbonyl (C=O) groups is 2. The quantitative estimate of drug-likeness (QED) is 0.437. The molecule has 0 bridgehead atoms. The van der Waals surface area contributed by atoms with Gasteiger partial charge in [-0.25, -0.2) is 0 Å². The van der Waals surface area contributed by atoms with E-state index in [1.165, 1.54) is 7.11 Å². The van der Waals surface area contributed by atoms with Gasteiger partial charge in [0.1, 0.15) is 0 Å². The van der Waals surface area contributed by atoms with Crippen LogP contribution < -0.4 is 0 Å². The Balaban J connectivity index is 2.74. The lowest BCUT2D eigenvalue weighted by Crippen LogP contribution is -2.33. The van der Waals surface area contributed by atoms with Crippen molar-refractivity contribution >= 4 is 34.5 Å². The lowest BCUT2D eigenvalue weighted by Gasteiger charge is -2.20. The molecule has 0 fully saturated rings. The standard InChI is InChI=1S/C14H16INO3/c1-3-9-16(10-8-13(17)19-2)14(18)11-4-6-12(15)7-5-11/h3-7H,1,8-10H2,2H3. The highest BCUT2D eigenvalue weighted by molar-refractivity contribution is 14.1. The highest BCUT2D eigenvalue weighted by Gasteiger charge is 2.15. The van der Waals surface area contributed by atoms with Crippen molar-refractivity contribution in [3.63, 3.8) is 0 Å². The zero-order valence-electron chi connectivity index (χ0n) is 10.8. The molecule has 4 nitrogen and oxygen atoms in total. The van der Waals surface area contributed by atoms with Crippen molar-refractivity contribution in [3.05, 3.63) is 46.1 Å². The minimum atomic E-state index is -0.329. The van der Waals surface area contributed by atoms with Crippen molar-refractivity contribution in [2.45, 2.75) is 6.42 Å². The summed E-state index contributed by atoms with van der Waals surface area (Å²) in [6, 6.07) is 7.30. The number of ether oxygens (including phenoxy) is 1. The molecular formula is C14H16INO3. The van der Waals surface area contributed by atoms with E-state index in [2.05, 4.69) is 33.9 Å². The molecule has 0 aromatic heterocycles. The molecule has 102 valence electrons. The Morgan fingerprint density at radius 3 is 2.53 bits per heavy atom. The maximum Gasteiger partial charge on any atom is 0.307 e. The molecule has 1 amide bonds. The number of nitrogens with zero attached hydrogens (tertiary/aromatic N) is 1. The zero-order valence-corrected chi connectivity index (χ0v) is 12.9.